The lowest BCUT2D eigenvalue weighted by molar-refractivity contribution is 0.0541. The van der Waals surface area contributed by atoms with E-state index in [9.17, 15) is 5.11 Å². The molecule has 0 bridgehead atoms. The van der Waals surface area contributed by atoms with E-state index in [-0.39, 0.29) is 18.3 Å². The van der Waals surface area contributed by atoms with E-state index in [4.69, 9.17) is 14.6 Å². The van der Waals surface area contributed by atoms with Crippen molar-refractivity contribution in [3.05, 3.63) is 0 Å². The van der Waals surface area contributed by atoms with Gasteiger partial charge in [0, 0.05) is 6.10 Å². The maximum absolute atomic E-state index is 9.44. The van der Waals surface area contributed by atoms with Crippen LogP contribution in [0.5, 0.6) is 0 Å². The molecule has 0 aromatic heterocycles. The zero-order chi connectivity index (χ0) is 17.7. The largest absolute Gasteiger partial charge is 0.414 e. The molecule has 3 N–H and O–H groups in total. The van der Waals surface area contributed by atoms with Gasteiger partial charge in [-0.3, -0.25) is 0 Å². The smallest absolute Gasteiger partial charge is 0.192 e. The number of rotatable bonds is 2. The summed E-state index contributed by atoms with van der Waals surface area (Å²) in [6.45, 7) is 11.4. The van der Waals surface area contributed by atoms with Gasteiger partial charge in [-0.1, -0.05) is 20.8 Å². The highest BCUT2D eigenvalue weighted by Gasteiger charge is 2.39. The summed E-state index contributed by atoms with van der Waals surface area (Å²) < 4.78 is 6.32. The van der Waals surface area contributed by atoms with Crippen molar-refractivity contribution in [1.82, 2.24) is 0 Å². The summed E-state index contributed by atoms with van der Waals surface area (Å²) in [5.74, 6) is 0. The van der Waals surface area contributed by atoms with E-state index in [1.807, 2.05) is 0 Å². The van der Waals surface area contributed by atoms with Gasteiger partial charge in [0.2, 0.25) is 0 Å². The van der Waals surface area contributed by atoms with Gasteiger partial charge in [-0.15, -0.1) is 0 Å². The highest BCUT2D eigenvalue weighted by atomic mass is 28.4. The second kappa shape index (κ2) is 8.95. The van der Waals surface area contributed by atoms with Crippen molar-refractivity contribution in [3.63, 3.8) is 0 Å². The molecule has 5 heteroatoms. The quantitative estimate of drug-likeness (QED) is 0.668. The standard InChI is InChI=1S/C12H26O2Si.C6H12O2/c1-12(2,3)15(4,5)14-11-8-6-10(13)7-9-11;7-5-1-2-6(8)4-3-5/h10-11,13H,6-9H2,1-5H3;5-8H,1-4H2. The zero-order valence-corrected chi connectivity index (χ0v) is 16.7. The lowest BCUT2D eigenvalue weighted by Gasteiger charge is -2.40. The Morgan fingerprint density at radius 2 is 1.00 bits per heavy atom. The topological polar surface area (TPSA) is 69.9 Å². The van der Waals surface area contributed by atoms with Crippen molar-refractivity contribution in [2.24, 2.45) is 0 Å². The van der Waals surface area contributed by atoms with E-state index >= 15 is 0 Å². The molecule has 0 heterocycles. The normalized spacial score (nSPS) is 32.9. The summed E-state index contributed by atoms with van der Waals surface area (Å²) in [5, 5.41) is 27.6. The Morgan fingerprint density at radius 3 is 1.30 bits per heavy atom. The van der Waals surface area contributed by atoms with Gasteiger partial charge in [0.15, 0.2) is 8.32 Å². The molecule has 0 aromatic rings. The lowest BCUT2D eigenvalue weighted by atomic mass is 9.95. The fraction of sp³-hybridized carbons (Fsp3) is 1.00. The van der Waals surface area contributed by atoms with Crippen LogP contribution in [0.15, 0.2) is 0 Å². The van der Waals surface area contributed by atoms with Crippen LogP contribution in [0.2, 0.25) is 18.1 Å². The second-order valence-electron chi connectivity index (χ2n) is 8.77. The number of hydrogen-bond donors (Lipinski definition) is 3. The van der Waals surface area contributed by atoms with Gasteiger partial charge in [-0.2, -0.15) is 0 Å². The molecular formula is C18H38O4Si. The number of hydrogen-bond acceptors (Lipinski definition) is 4. The van der Waals surface area contributed by atoms with Crippen LogP contribution in [-0.2, 0) is 4.43 Å². The molecule has 0 amide bonds. The van der Waals surface area contributed by atoms with Crippen LogP contribution in [0.25, 0.3) is 0 Å². The van der Waals surface area contributed by atoms with Crippen molar-refractivity contribution in [1.29, 1.82) is 0 Å². The van der Waals surface area contributed by atoms with Crippen LogP contribution in [-0.4, -0.2) is 48.1 Å². The molecule has 2 aliphatic carbocycles. The molecule has 2 saturated carbocycles. The van der Waals surface area contributed by atoms with Crippen LogP contribution in [0.3, 0.4) is 0 Å². The average Bonchev–Trinajstić information content (AvgIpc) is 2.44. The third kappa shape index (κ3) is 7.65. The summed E-state index contributed by atoms with van der Waals surface area (Å²) in [6.07, 6.45) is 7.06. The predicted molar refractivity (Wildman–Crippen MR) is 97.0 cm³/mol. The van der Waals surface area contributed by atoms with Gasteiger partial charge >= 0.3 is 0 Å². The Labute approximate surface area is 143 Å². The minimum atomic E-state index is -1.60. The Bertz CT molecular complexity index is 314. The zero-order valence-electron chi connectivity index (χ0n) is 15.7. The summed E-state index contributed by atoms with van der Waals surface area (Å²) in [4.78, 5) is 0. The Morgan fingerprint density at radius 1 is 0.696 bits per heavy atom. The molecule has 0 radical (unpaired) electrons. The van der Waals surface area contributed by atoms with Crippen molar-refractivity contribution in [2.45, 2.75) is 115 Å². The maximum Gasteiger partial charge on any atom is 0.192 e. The molecule has 0 aliphatic heterocycles. The highest BCUT2D eigenvalue weighted by Crippen LogP contribution is 2.39. The molecule has 0 atom stereocenters. The summed E-state index contributed by atoms with van der Waals surface area (Å²) in [7, 11) is -1.60. The number of aliphatic hydroxyl groups is 3. The fourth-order valence-corrected chi connectivity index (χ4v) is 4.24. The van der Waals surface area contributed by atoms with E-state index in [0.717, 1.165) is 51.4 Å². The first kappa shape index (κ1) is 21.1. The van der Waals surface area contributed by atoms with Crippen molar-refractivity contribution in [2.75, 3.05) is 0 Å². The third-order valence-corrected chi connectivity index (χ3v) is 10.1. The Balaban J connectivity index is 0.000000277. The van der Waals surface area contributed by atoms with Gasteiger partial charge in [0.1, 0.15) is 0 Å². The highest BCUT2D eigenvalue weighted by molar-refractivity contribution is 6.74. The van der Waals surface area contributed by atoms with E-state index in [2.05, 4.69) is 33.9 Å². The van der Waals surface area contributed by atoms with Crippen molar-refractivity contribution < 1.29 is 19.7 Å². The Kier molecular flexibility index (Phi) is 8.21. The van der Waals surface area contributed by atoms with Gasteiger partial charge in [-0.25, -0.2) is 0 Å². The third-order valence-electron chi connectivity index (χ3n) is 5.58. The summed E-state index contributed by atoms with van der Waals surface area (Å²) in [5.41, 5.74) is 0. The monoisotopic (exact) mass is 346 g/mol. The molecule has 0 aromatic carbocycles. The minimum absolute atomic E-state index is 0.0794. The first-order valence-electron chi connectivity index (χ1n) is 9.23. The van der Waals surface area contributed by atoms with Gasteiger partial charge in [-0.05, 0) is 69.5 Å². The van der Waals surface area contributed by atoms with Crippen molar-refractivity contribution >= 4 is 8.32 Å². The van der Waals surface area contributed by atoms with Crippen LogP contribution in [0.4, 0.5) is 0 Å². The summed E-state index contributed by atoms with van der Waals surface area (Å²) >= 11 is 0. The van der Waals surface area contributed by atoms with Crippen LogP contribution < -0.4 is 0 Å². The minimum Gasteiger partial charge on any atom is -0.414 e. The molecule has 138 valence electrons. The molecule has 2 rings (SSSR count). The lowest BCUT2D eigenvalue weighted by Crippen LogP contribution is -2.45. The molecule has 0 unspecified atom stereocenters. The van der Waals surface area contributed by atoms with E-state index < -0.39 is 8.32 Å². The average molecular weight is 347 g/mol. The Hall–Kier alpha value is 0.0569. The molecular weight excluding hydrogens is 308 g/mol. The van der Waals surface area contributed by atoms with Gasteiger partial charge in [0.25, 0.3) is 0 Å². The van der Waals surface area contributed by atoms with E-state index in [1.165, 1.54) is 0 Å². The summed E-state index contributed by atoms with van der Waals surface area (Å²) in [6, 6.07) is 0. The first-order chi connectivity index (χ1) is 10.5. The molecule has 2 aliphatic rings. The molecule has 0 saturated heterocycles. The van der Waals surface area contributed by atoms with Crippen LogP contribution >= 0.6 is 0 Å². The molecule has 0 spiro atoms. The predicted octanol–water partition coefficient (Wildman–Crippen LogP) is 3.59. The van der Waals surface area contributed by atoms with E-state index in [0.29, 0.717) is 11.1 Å². The molecule has 2 fully saturated rings. The van der Waals surface area contributed by atoms with Gasteiger partial charge < -0.3 is 19.7 Å². The second-order valence-corrected chi connectivity index (χ2v) is 13.5. The SMILES string of the molecule is CC(C)(C)[Si](C)(C)OC1CCC(O)CC1.OC1CCC(O)CC1. The number of aliphatic hydroxyl groups excluding tert-OH is 3. The molecule has 23 heavy (non-hydrogen) atoms. The fourth-order valence-electron chi connectivity index (χ4n) is 2.81. The van der Waals surface area contributed by atoms with Gasteiger partial charge in [0.05, 0.1) is 18.3 Å². The van der Waals surface area contributed by atoms with E-state index in [1.54, 1.807) is 0 Å². The first-order valence-corrected chi connectivity index (χ1v) is 12.1. The molecule has 4 nitrogen and oxygen atoms in total. The maximum atomic E-state index is 9.44. The van der Waals surface area contributed by atoms with Crippen molar-refractivity contribution in [3.8, 4) is 0 Å². The van der Waals surface area contributed by atoms with Crippen LogP contribution in [0.1, 0.15) is 72.1 Å². The van der Waals surface area contributed by atoms with Crippen LogP contribution in [0, 0.1) is 0 Å².